The van der Waals surface area contributed by atoms with Crippen molar-refractivity contribution in [3.8, 4) is 0 Å². The molecule has 0 aromatic heterocycles. The number of carbonyl (C=O) groups is 3. The molecular formula is C16H26O10. The lowest BCUT2D eigenvalue weighted by Crippen LogP contribution is -2.64. The fourth-order valence-corrected chi connectivity index (χ4v) is 2.72. The van der Waals surface area contributed by atoms with Gasteiger partial charge in [0, 0.05) is 42.1 Å². The number of hydrogen-bond acceptors (Lipinski definition) is 10. The van der Waals surface area contributed by atoms with Crippen molar-refractivity contribution >= 4 is 17.9 Å². The molecule has 150 valence electrons. The number of ether oxygens (including phenoxy) is 7. The molecule has 1 saturated heterocycles. The van der Waals surface area contributed by atoms with E-state index in [2.05, 4.69) is 0 Å². The van der Waals surface area contributed by atoms with Crippen LogP contribution in [0.5, 0.6) is 0 Å². The largest absolute Gasteiger partial charge is 0.463 e. The average Bonchev–Trinajstić information content (AvgIpc) is 2.56. The van der Waals surface area contributed by atoms with Crippen LogP contribution in [0.15, 0.2) is 0 Å². The molecular weight excluding hydrogens is 352 g/mol. The Morgan fingerprint density at radius 3 is 1.85 bits per heavy atom. The first-order valence-corrected chi connectivity index (χ1v) is 7.96. The Morgan fingerprint density at radius 2 is 1.42 bits per heavy atom. The third-order valence-corrected chi connectivity index (χ3v) is 3.76. The van der Waals surface area contributed by atoms with E-state index in [1.54, 1.807) is 0 Å². The smallest absolute Gasteiger partial charge is 0.303 e. The second-order valence-corrected chi connectivity index (χ2v) is 5.63. The van der Waals surface area contributed by atoms with E-state index in [-0.39, 0.29) is 6.61 Å². The zero-order valence-corrected chi connectivity index (χ0v) is 15.8. The van der Waals surface area contributed by atoms with E-state index in [1.165, 1.54) is 42.1 Å². The van der Waals surface area contributed by atoms with Crippen LogP contribution in [0.25, 0.3) is 0 Å². The fraction of sp³-hybridized carbons (Fsp3) is 0.812. The number of rotatable bonds is 8. The van der Waals surface area contributed by atoms with Gasteiger partial charge in [-0.1, -0.05) is 0 Å². The minimum atomic E-state index is -1.06. The van der Waals surface area contributed by atoms with Gasteiger partial charge in [0.05, 0.1) is 0 Å². The molecule has 0 aliphatic carbocycles. The summed E-state index contributed by atoms with van der Waals surface area (Å²) in [5, 5.41) is 0. The molecule has 1 rings (SSSR count). The van der Waals surface area contributed by atoms with Crippen molar-refractivity contribution in [2.24, 2.45) is 0 Å². The van der Waals surface area contributed by atoms with Gasteiger partial charge in [0.1, 0.15) is 24.9 Å². The maximum absolute atomic E-state index is 11.6. The Hall–Kier alpha value is -1.75. The SMILES string of the molecule is COC(COC(C)=O)C1OC(OC)C(OC)C(OC(C)=O)C1OC(C)=O. The first kappa shape index (κ1) is 22.3. The van der Waals surface area contributed by atoms with E-state index in [4.69, 9.17) is 33.2 Å². The molecule has 0 amide bonds. The van der Waals surface area contributed by atoms with Crippen molar-refractivity contribution in [3.05, 3.63) is 0 Å². The maximum Gasteiger partial charge on any atom is 0.303 e. The molecule has 0 saturated carbocycles. The molecule has 10 heteroatoms. The highest BCUT2D eigenvalue weighted by Crippen LogP contribution is 2.31. The Bertz CT molecular complexity index is 493. The molecule has 1 heterocycles. The number of hydrogen-bond donors (Lipinski definition) is 0. The lowest BCUT2D eigenvalue weighted by atomic mass is 9.94. The predicted octanol–water partition coefficient (Wildman–Crippen LogP) is -0.186. The average molecular weight is 378 g/mol. The van der Waals surface area contributed by atoms with Crippen LogP contribution in [0.1, 0.15) is 20.8 Å². The summed E-state index contributed by atoms with van der Waals surface area (Å²) in [6, 6.07) is 0. The molecule has 1 aliphatic heterocycles. The summed E-state index contributed by atoms with van der Waals surface area (Å²) in [5.41, 5.74) is 0. The third kappa shape index (κ3) is 5.90. The first-order chi connectivity index (χ1) is 12.2. The van der Waals surface area contributed by atoms with Crippen molar-refractivity contribution < 1.29 is 47.5 Å². The summed E-state index contributed by atoms with van der Waals surface area (Å²) in [4.78, 5) is 34.3. The maximum atomic E-state index is 11.6. The van der Waals surface area contributed by atoms with Crippen molar-refractivity contribution in [3.63, 3.8) is 0 Å². The van der Waals surface area contributed by atoms with E-state index < -0.39 is 54.7 Å². The topological polar surface area (TPSA) is 116 Å². The Balaban J connectivity index is 3.21. The fourth-order valence-electron chi connectivity index (χ4n) is 2.72. The van der Waals surface area contributed by atoms with Gasteiger partial charge in [-0.2, -0.15) is 0 Å². The second kappa shape index (κ2) is 10.4. The molecule has 0 spiro atoms. The highest BCUT2D eigenvalue weighted by Gasteiger charge is 2.53. The van der Waals surface area contributed by atoms with Crippen LogP contribution in [-0.4, -0.2) is 82.7 Å². The van der Waals surface area contributed by atoms with E-state index in [0.29, 0.717) is 0 Å². The van der Waals surface area contributed by atoms with Gasteiger partial charge in [-0.15, -0.1) is 0 Å². The minimum Gasteiger partial charge on any atom is -0.463 e. The molecule has 0 aromatic carbocycles. The monoisotopic (exact) mass is 378 g/mol. The van der Waals surface area contributed by atoms with Crippen LogP contribution in [0.2, 0.25) is 0 Å². The molecule has 0 aromatic rings. The molecule has 6 atom stereocenters. The van der Waals surface area contributed by atoms with Gasteiger partial charge in [0.15, 0.2) is 18.5 Å². The van der Waals surface area contributed by atoms with Crippen molar-refractivity contribution in [1.82, 2.24) is 0 Å². The van der Waals surface area contributed by atoms with Crippen LogP contribution in [0.4, 0.5) is 0 Å². The zero-order valence-electron chi connectivity index (χ0n) is 15.8. The minimum absolute atomic E-state index is 0.158. The van der Waals surface area contributed by atoms with Gasteiger partial charge in [0.25, 0.3) is 0 Å². The Kier molecular flexibility index (Phi) is 8.93. The standard InChI is InChI=1S/C16H26O10/c1-8(17)23-7-11(20-4)12-13(24-9(2)18)14(25-10(3)19)15(21-5)16(22-6)26-12/h11-16H,7H2,1-6H3. The molecule has 1 aliphatic rings. The van der Waals surface area contributed by atoms with Crippen LogP contribution >= 0.6 is 0 Å². The molecule has 10 nitrogen and oxygen atoms in total. The van der Waals surface area contributed by atoms with Crippen LogP contribution in [-0.2, 0) is 47.5 Å². The van der Waals surface area contributed by atoms with E-state index >= 15 is 0 Å². The molecule has 26 heavy (non-hydrogen) atoms. The number of methoxy groups -OCH3 is 3. The van der Waals surface area contributed by atoms with Crippen LogP contribution in [0, 0.1) is 0 Å². The third-order valence-electron chi connectivity index (χ3n) is 3.76. The summed E-state index contributed by atoms with van der Waals surface area (Å²) in [6.45, 7) is 3.52. The van der Waals surface area contributed by atoms with Gasteiger partial charge in [0.2, 0.25) is 0 Å². The number of carbonyl (C=O) groups excluding carboxylic acids is 3. The predicted molar refractivity (Wildman–Crippen MR) is 85.0 cm³/mol. The highest BCUT2D eigenvalue weighted by molar-refractivity contribution is 5.67. The van der Waals surface area contributed by atoms with Crippen LogP contribution < -0.4 is 0 Å². The van der Waals surface area contributed by atoms with Gasteiger partial charge < -0.3 is 33.2 Å². The Labute approximate surface area is 151 Å². The second-order valence-electron chi connectivity index (χ2n) is 5.63. The summed E-state index contributed by atoms with van der Waals surface area (Å²) < 4.78 is 37.4. The first-order valence-electron chi connectivity index (χ1n) is 7.96. The summed E-state index contributed by atoms with van der Waals surface area (Å²) >= 11 is 0. The van der Waals surface area contributed by atoms with Gasteiger partial charge in [-0.25, -0.2) is 0 Å². The Morgan fingerprint density at radius 1 is 0.846 bits per heavy atom. The zero-order chi connectivity index (χ0) is 19.9. The lowest BCUT2D eigenvalue weighted by Gasteiger charge is -2.45. The van der Waals surface area contributed by atoms with Crippen molar-refractivity contribution in [1.29, 1.82) is 0 Å². The molecule has 6 unspecified atom stereocenters. The molecule has 0 radical (unpaired) electrons. The summed E-state index contributed by atoms with van der Waals surface area (Å²) in [7, 11) is 4.15. The van der Waals surface area contributed by atoms with Gasteiger partial charge in [-0.3, -0.25) is 14.4 Å². The van der Waals surface area contributed by atoms with Gasteiger partial charge >= 0.3 is 17.9 Å². The normalized spacial score (nSPS) is 29.5. The van der Waals surface area contributed by atoms with E-state index in [0.717, 1.165) is 0 Å². The van der Waals surface area contributed by atoms with E-state index in [1.807, 2.05) is 0 Å². The highest BCUT2D eigenvalue weighted by atomic mass is 16.7. The quantitative estimate of drug-likeness (QED) is 0.416. The van der Waals surface area contributed by atoms with Crippen molar-refractivity contribution in [2.75, 3.05) is 27.9 Å². The summed E-state index contributed by atoms with van der Waals surface area (Å²) in [5.74, 6) is -1.73. The molecule has 0 bridgehead atoms. The van der Waals surface area contributed by atoms with E-state index in [9.17, 15) is 14.4 Å². The van der Waals surface area contributed by atoms with Crippen molar-refractivity contribution in [2.45, 2.75) is 57.6 Å². The lowest BCUT2D eigenvalue weighted by molar-refractivity contribution is -0.315. The van der Waals surface area contributed by atoms with Crippen LogP contribution in [0.3, 0.4) is 0 Å². The molecule has 0 N–H and O–H groups in total. The molecule has 1 fully saturated rings. The summed E-state index contributed by atoms with van der Waals surface area (Å²) in [6.07, 6.45) is -5.61. The number of esters is 3. The van der Waals surface area contributed by atoms with Gasteiger partial charge in [-0.05, 0) is 0 Å².